The van der Waals surface area contributed by atoms with Crippen molar-refractivity contribution in [2.24, 2.45) is 0 Å². The van der Waals surface area contributed by atoms with Crippen molar-refractivity contribution in [3.05, 3.63) is 0 Å². The second-order valence-corrected chi connectivity index (χ2v) is 6.69. The number of rotatable bonds is 6. The van der Waals surface area contributed by atoms with Crippen molar-refractivity contribution in [2.45, 2.75) is 51.6 Å². The summed E-state index contributed by atoms with van der Waals surface area (Å²) < 4.78 is 0. The Kier molecular flexibility index (Phi) is 5.13. The van der Waals surface area contributed by atoms with E-state index in [9.17, 15) is 9.59 Å². The molecule has 0 spiro atoms. The molecule has 2 aliphatic rings. The van der Waals surface area contributed by atoms with E-state index in [0.717, 1.165) is 37.4 Å². The van der Waals surface area contributed by atoms with Gasteiger partial charge in [0.1, 0.15) is 0 Å². The van der Waals surface area contributed by atoms with Crippen LogP contribution in [0.3, 0.4) is 0 Å². The molecule has 2 fully saturated rings. The summed E-state index contributed by atoms with van der Waals surface area (Å²) in [4.78, 5) is 27.3. The largest absolute Gasteiger partial charge is 0.339 e. The third-order valence-corrected chi connectivity index (χ3v) is 5.44. The summed E-state index contributed by atoms with van der Waals surface area (Å²) in [5.74, 6) is 2.54. The van der Waals surface area contributed by atoms with E-state index in [-0.39, 0.29) is 0 Å². The van der Waals surface area contributed by atoms with Crippen LogP contribution in [0.4, 0.5) is 0 Å². The molecular weight excluding hydrogens is 260 g/mol. The first-order valence-corrected chi connectivity index (χ1v) is 8.41. The summed E-state index contributed by atoms with van der Waals surface area (Å²) in [6, 6.07) is 0.642. The van der Waals surface area contributed by atoms with Gasteiger partial charge in [0, 0.05) is 49.5 Å². The lowest BCUT2D eigenvalue weighted by Crippen LogP contribution is -2.38. The van der Waals surface area contributed by atoms with Gasteiger partial charge in [-0.25, -0.2) is 0 Å². The summed E-state index contributed by atoms with van der Waals surface area (Å²) in [5.41, 5.74) is 0. The smallest absolute Gasteiger partial charge is 0.222 e. The topological polar surface area (TPSA) is 40.6 Å². The van der Waals surface area contributed by atoms with Crippen molar-refractivity contribution < 1.29 is 9.59 Å². The maximum Gasteiger partial charge on any atom is 0.222 e. The van der Waals surface area contributed by atoms with Gasteiger partial charge in [-0.3, -0.25) is 9.59 Å². The Bertz CT molecular complexity index is 316. The molecule has 4 nitrogen and oxygen atoms in total. The average molecular weight is 284 g/mol. The van der Waals surface area contributed by atoms with Gasteiger partial charge in [0.25, 0.3) is 0 Å². The Labute approximate surface area is 119 Å². The van der Waals surface area contributed by atoms with Crippen LogP contribution in [-0.4, -0.2) is 58.3 Å². The van der Waals surface area contributed by atoms with Crippen LogP contribution in [0, 0.1) is 0 Å². The third-order valence-electron chi connectivity index (χ3n) is 4.00. The molecule has 0 saturated carbocycles. The standard InChI is InChI=1S/C14H24N2O2S/c1-11(15-7-3-5-13(15)17)9-19-10-12(2)16-8-4-6-14(16)18/h11-12H,3-10H2,1-2H3. The average Bonchev–Trinajstić information content (AvgIpc) is 2.97. The van der Waals surface area contributed by atoms with E-state index >= 15 is 0 Å². The van der Waals surface area contributed by atoms with Gasteiger partial charge >= 0.3 is 0 Å². The third kappa shape index (κ3) is 3.65. The van der Waals surface area contributed by atoms with Crippen molar-refractivity contribution in [2.75, 3.05) is 24.6 Å². The number of hydrogen-bond acceptors (Lipinski definition) is 3. The van der Waals surface area contributed by atoms with Gasteiger partial charge in [0.15, 0.2) is 0 Å². The molecule has 2 amide bonds. The lowest BCUT2D eigenvalue weighted by molar-refractivity contribution is -0.129. The van der Waals surface area contributed by atoms with Gasteiger partial charge in [-0.1, -0.05) is 0 Å². The van der Waals surface area contributed by atoms with Crippen LogP contribution in [0.2, 0.25) is 0 Å². The van der Waals surface area contributed by atoms with Crippen LogP contribution in [0.5, 0.6) is 0 Å². The van der Waals surface area contributed by atoms with Crippen LogP contribution in [0.15, 0.2) is 0 Å². The molecule has 2 atom stereocenters. The normalized spacial score (nSPS) is 23.3. The Balaban J connectivity index is 1.68. The first-order valence-electron chi connectivity index (χ1n) is 7.26. The molecular formula is C14H24N2O2S. The van der Waals surface area contributed by atoms with Gasteiger partial charge in [-0.2, -0.15) is 11.8 Å². The van der Waals surface area contributed by atoms with E-state index in [1.807, 2.05) is 21.6 Å². The van der Waals surface area contributed by atoms with Crippen molar-refractivity contribution in [1.82, 2.24) is 9.80 Å². The predicted octanol–water partition coefficient (Wildman–Crippen LogP) is 1.74. The summed E-state index contributed by atoms with van der Waals surface area (Å²) in [5, 5.41) is 0. The van der Waals surface area contributed by atoms with E-state index in [2.05, 4.69) is 13.8 Å². The second-order valence-electron chi connectivity index (χ2n) is 5.62. The zero-order chi connectivity index (χ0) is 13.8. The minimum Gasteiger partial charge on any atom is -0.339 e. The Morgan fingerprint density at radius 3 is 1.68 bits per heavy atom. The van der Waals surface area contributed by atoms with Gasteiger partial charge < -0.3 is 9.80 Å². The number of thioether (sulfide) groups is 1. The number of likely N-dealkylation sites (tertiary alicyclic amines) is 2. The van der Waals surface area contributed by atoms with Gasteiger partial charge in [-0.05, 0) is 26.7 Å². The summed E-state index contributed by atoms with van der Waals surface area (Å²) >= 11 is 1.86. The number of nitrogens with zero attached hydrogens (tertiary/aromatic N) is 2. The monoisotopic (exact) mass is 284 g/mol. The molecule has 19 heavy (non-hydrogen) atoms. The van der Waals surface area contributed by atoms with E-state index in [0.29, 0.717) is 36.7 Å². The number of amides is 2. The quantitative estimate of drug-likeness (QED) is 0.746. The fourth-order valence-corrected chi connectivity index (χ4v) is 4.04. The molecule has 2 heterocycles. The van der Waals surface area contributed by atoms with Crippen LogP contribution in [-0.2, 0) is 9.59 Å². The van der Waals surface area contributed by atoms with Crippen LogP contribution >= 0.6 is 11.8 Å². The van der Waals surface area contributed by atoms with Crippen molar-refractivity contribution >= 4 is 23.6 Å². The molecule has 108 valence electrons. The molecule has 0 aliphatic carbocycles. The zero-order valence-electron chi connectivity index (χ0n) is 11.9. The van der Waals surface area contributed by atoms with Gasteiger partial charge in [-0.15, -0.1) is 0 Å². The molecule has 0 aromatic heterocycles. The molecule has 0 bridgehead atoms. The predicted molar refractivity (Wildman–Crippen MR) is 78.1 cm³/mol. The van der Waals surface area contributed by atoms with Crippen LogP contribution < -0.4 is 0 Å². The van der Waals surface area contributed by atoms with E-state index in [1.165, 1.54) is 0 Å². The minimum atomic E-state index is 0.302. The molecule has 0 N–H and O–H groups in total. The highest BCUT2D eigenvalue weighted by atomic mass is 32.2. The second kappa shape index (κ2) is 6.64. The minimum absolute atomic E-state index is 0.302. The van der Waals surface area contributed by atoms with Gasteiger partial charge in [0.2, 0.25) is 11.8 Å². The molecule has 2 saturated heterocycles. The highest BCUT2D eigenvalue weighted by Crippen LogP contribution is 2.20. The Morgan fingerprint density at radius 1 is 0.947 bits per heavy atom. The molecule has 2 rings (SSSR count). The highest BCUT2D eigenvalue weighted by Gasteiger charge is 2.27. The van der Waals surface area contributed by atoms with Crippen LogP contribution in [0.25, 0.3) is 0 Å². The fourth-order valence-electron chi connectivity index (χ4n) is 2.86. The lowest BCUT2D eigenvalue weighted by atomic mass is 10.3. The lowest BCUT2D eigenvalue weighted by Gasteiger charge is -2.27. The van der Waals surface area contributed by atoms with Crippen molar-refractivity contribution in [3.63, 3.8) is 0 Å². The van der Waals surface area contributed by atoms with Crippen molar-refractivity contribution in [3.8, 4) is 0 Å². The molecule has 2 unspecified atom stereocenters. The Hall–Kier alpha value is -0.710. The summed E-state index contributed by atoms with van der Waals surface area (Å²) in [6.45, 7) is 6.09. The van der Waals surface area contributed by atoms with Crippen LogP contribution in [0.1, 0.15) is 39.5 Å². The summed E-state index contributed by atoms with van der Waals surface area (Å²) in [6.07, 6.45) is 3.44. The van der Waals surface area contributed by atoms with Gasteiger partial charge in [0.05, 0.1) is 0 Å². The number of hydrogen-bond donors (Lipinski definition) is 0. The molecule has 2 aliphatic heterocycles. The Morgan fingerprint density at radius 2 is 1.37 bits per heavy atom. The molecule has 0 aromatic carbocycles. The first kappa shape index (κ1) is 14.7. The first-order chi connectivity index (χ1) is 9.09. The SMILES string of the molecule is CC(CSCC(C)N1CCCC1=O)N1CCCC1=O. The van der Waals surface area contributed by atoms with E-state index < -0.39 is 0 Å². The van der Waals surface area contributed by atoms with E-state index in [4.69, 9.17) is 0 Å². The molecule has 0 radical (unpaired) electrons. The molecule has 5 heteroatoms. The number of carbonyl (C=O) groups excluding carboxylic acids is 2. The molecule has 0 aromatic rings. The highest BCUT2D eigenvalue weighted by molar-refractivity contribution is 7.99. The summed E-state index contributed by atoms with van der Waals surface area (Å²) in [7, 11) is 0. The van der Waals surface area contributed by atoms with Crippen molar-refractivity contribution in [1.29, 1.82) is 0 Å². The maximum atomic E-state index is 11.6. The number of carbonyl (C=O) groups is 2. The van der Waals surface area contributed by atoms with E-state index in [1.54, 1.807) is 0 Å². The fraction of sp³-hybridized carbons (Fsp3) is 0.857. The maximum absolute atomic E-state index is 11.6. The zero-order valence-corrected chi connectivity index (χ0v) is 12.7.